The van der Waals surface area contributed by atoms with Gasteiger partial charge in [-0.2, -0.15) is 0 Å². The standard InChI is InChI=1S/C14H20N4O3/c15-16-12-7-6-11(10-13(12)18(20)21)14(19)17-8-4-2-1-3-5-9-17/h6-7,10,16H,1-5,8-9,15H2. The van der Waals surface area contributed by atoms with Gasteiger partial charge in [-0.05, 0) is 25.0 Å². The molecule has 1 amide bonds. The maximum absolute atomic E-state index is 12.5. The topological polar surface area (TPSA) is 102 Å². The fourth-order valence-corrected chi connectivity index (χ4v) is 2.57. The van der Waals surface area contributed by atoms with Crippen LogP contribution in [0.5, 0.6) is 0 Å². The van der Waals surface area contributed by atoms with Gasteiger partial charge in [0.15, 0.2) is 0 Å². The van der Waals surface area contributed by atoms with E-state index in [1.54, 1.807) is 11.0 Å². The molecule has 1 aliphatic heterocycles. The Hall–Kier alpha value is -2.15. The molecule has 0 aliphatic carbocycles. The molecule has 1 aliphatic rings. The van der Waals surface area contributed by atoms with Crippen LogP contribution in [0.3, 0.4) is 0 Å². The fourth-order valence-electron chi connectivity index (χ4n) is 2.57. The second kappa shape index (κ2) is 7.03. The van der Waals surface area contributed by atoms with E-state index in [4.69, 9.17) is 5.84 Å². The summed E-state index contributed by atoms with van der Waals surface area (Å²) >= 11 is 0. The highest BCUT2D eigenvalue weighted by molar-refractivity contribution is 5.95. The zero-order valence-corrected chi connectivity index (χ0v) is 11.9. The number of likely N-dealkylation sites (tertiary alicyclic amines) is 1. The van der Waals surface area contributed by atoms with E-state index < -0.39 is 4.92 Å². The van der Waals surface area contributed by atoms with Crippen molar-refractivity contribution in [1.82, 2.24) is 4.90 Å². The van der Waals surface area contributed by atoms with Crippen LogP contribution in [0.2, 0.25) is 0 Å². The van der Waals surface area contributed by atoms with Crippen molar-refractivity contribution in [1.29, 1.82) is 0 Å². The van der Waals surface area contributed by atoms with Gasteiger partial charge in [0.2, 0.25) is 0 Å². The van der Waals surface area contributed by atoms with Crippen molar-refractivity contribution in [2.24, 2.45) is 5.84 Å². The highest BCUT2D eigenvalue weighted by atomic mass is 16.6. The van der Waals surface area contributed by atoms with Gasteiger partial charge in [-0.3, -0.25) is 20.8 Å². The molecule has 1 aromatic carbocycles. The summed E-state index contributed by atoms with van der Waals surface area (Å²) in [6.45, 7) is 1.42. The van der Waals surface area contributed by atoms with Gasteiger partial charge < -0.3 is 10.3 Å². The quantitative estimate of drug-likeness (QED) is 0.505. The van der Waals surface area contributed by atoms with Gasteiger partial charge in [-0.25, -0.2) is 0 Å². The summed E-state index contributed by atoms with van der Waals surface area (Å²) in [6, 6.07) is 4.33. The Morgan fingerprint density at radius 2 is 1.81 bits per heavy atom. The number of nitrogen functional groups attached to an aromatic ring is 1. The van der Waals surface area contributed by atoms with Gasteiger partial charge in [-0.15, -0.1) is 0 Å². The third kappa shape index (κ3) is 3.69. The zero-order valence-electron chi connectivity index (χ0n) is 11.9. The molecule has 1 saturated heterocycles. The lowest BCUT2D eigenvalue weighted by molar-refractivity contribution is -0.384. The Kier molecular flexibility index (Phi) is 5.10. The maximum atomic E-state index is 12.5. The minimum absolute atomic E-state index is 0.149. The van der Waals surface area contributed by atoms with Crippen LogP contribution >= 0.6 is 0 Å². The van der Waals surface area contributed by atoms with Gasteiger partial charge in [-0.1, -0.05) is 19.3 Å². The molecule has 1 fully saturated rings. The molecular formula is C14H20N4O3. The molecule has 0 atom stereocenters. The zero-order chi connectivity index (χ0) is 15.2. The minimum atomic E-state index is -0.542. The van der Waals surface area contributed by atoms with Crippen LogP contribution in [0.1, 0.15) is 42.5 Å². The number of carbonyl (C=O) groups is 1. The highest BCUT2D eigenvalue weighted by Gasteiger charge is 2.21. The number of nitrogens with one attached hydrogen (secondary N) is 1. The number of hydrogen-bond acceptors (Lipinski definition) is 5. The number of nitrogens with zero attached hydrogens (tertiary/aromatic N) is 2. The molecule has 0 spiro atoms. The first-order chi connectivity index (χ1) is 10.1. The maximum Gasteiger partial charge on any atom is 0.294 e. The van der Waals surface area contributed by atoms with Gasteiger partial charge in [0.05, 0.1) is 4.92 Å². The number of hydrazine groups is 1. The van der Waals surface area contributed by atoms with Crippen LogP contribution in [0.15, 0.2) is 18.2 Å². The highest BCUT2D eigenvalue weighted by Crippen LogP contribution is 2.25. The summed E-state index contributed by atoms with van der Waals surface area (Å²) in [5.74, 6) is 5.10. The largest absolute Gasteiger partial charge is 0.339 e. The number of nitro groups is 1. The van der Waals surface area contributed by atoms with Crippen LogP contribution in [-0.4, -0.2) is 28.8 Å². The number of anilines is 1. The minimum Gasteiger partial charge on any atom is -0.339 e. The van der Waals surface area contributed by atoms with Crippen molar-refractivity contribution in [3.63, 3.8) is 0 Å². The summed E-state index contributed by atoms with van der Waals surface area (Å²) in [4.78, 5) is 24.8. The molecule has 114 valence electrons. The Bertz CT molecular complexity index is 525. The summed E-state index contributed by atoms with van der Waals surface area (Å²) in [5.41, 5.74) is 2.62. The van der Waals surface area contributed by atoms with Crippen molar-refractivity contribution in [2.45, 2.75) is 32.1 Å². The van der Waals surface area contributed by atoms with Crippen molar-refractivity contribution in [3.05, 3.63) is 33.9 Å². The Labute approximate surface area is 123 Å². The van der Waals surface area contributed by atoms with E-state index in [1.165, 1.54) is 18.6 Å². The Morgan fingerprint density at radius 1 is 1.19 bits per heavy atom. The molecule has 2 rings (SSSR count). The van der Waals surface area contributed by atoms with Crippen LogP contribution in [0.4, 0.5) is 11.4 Å². The molecule has 0 radical (unpaired) electrons. The molecule has 0 bridgehead atoms. The number of benzene rings is 1. The number of nitro benzene ring substituents is 1. The summed E-state index contributed by atoms with van der Waals surface area (Å²) in [7, 11) is 0. The third-order valence-electron chi connectivity index (χ3n) is 3.74. The number of amides is 1. The lowest BCUT2D eigenvalue weighted by Gasteiger charge is -2.24. The van der Waals surface area contributed by atoms with Gasteiger partial charge in [0, 0.05) is 24.7 Å². The molecule has 0 aromatic heterocycles. The predicted molar refractivity (Wildman–Crippen MR) is 79.9 cm³/mol. The Balaban J connectivity index is 2.21. The smallest absolute Gasteiger partial charge is 0.294 e. The number of nitrogens with two attached hydrogens (primary N) is 1. The first kappa shape index (κ1) is 15.2. The second-order valence-corrected chi connectivity index (χ2v) is 5.19. The van der Waals surface area contributed by atoms with E-state index in [0.29, 0.717) is 18.7 Å². The van der Waals surface area contributed by atoms with Crippen LogP contribution < -0.4 is 11.3 Å². The molecule has 0 saturated carbocycles. The normalized spacial score (nSPS) is 16.0. The first-order valence-corrected chi connectivity index (χ1v) is 7.18. The average molecular weight is 292 g/mol. The van der Waals surface area contributed by atoms with E-state index in [0.717, 1.165) is 25.7 Å². The monoisotopic (exact) mass is 292 g/mol. The van der Waals surface area contributed by atoms with Gasteiger partial charge >= 0.3 is 0 Å². The van der Waals surface area contributed by atoms with E-state index >= 15 is 0 Å². The van der Waals surface area contributed by atoms with Gasteiger partial charge in [0.25, 0.3) is 11.6 Å². The third-order valence-corrected chi connectivity index (χ3v) is 3.74. The van der Waals surface area contributed by atoms with Crippen molar-refractivity contribution in [3.8, 4) is 0 Å². The molecule has 1 aromatic rings. The van der Waals surface area contributed by atoms with E-state index in [9.17, 15) is 14.9 Å². The van der Waals surface area contributed by atoms with Crippen molar-refractivity contribution in [2.75, 3.05) is 18.5 Å². The lowest BCUT2D eigenvalue weighted by Crippen LogP contribution is -2.33. The molecule has 21 heavy (non-hydrogen) atoms. The lowest BCUT2D eigenvalue weighted by atomic mass is 10.1. The van der Waals surface area contributed by atoms with Crippen molar-refractivity contribution >= 4 is 17.3 Å². The number of rotatable bonds is 3. The molecule has 7 heteroatoms. The second-order valence-electron chi connectivity index (χ2n) is 5.19. The summed E-state index contributed by atoms with van der Waals surface area (Å²) < 4.78 is 0. The van der Waals surface area contributed by atoms with Crippen LogP contribution in [0.25, 0.3) is 0 Å². The summed E-state index contributed by atoms with van der Waals surface area (Å²) in [5, 5.41) is 11.0. The van der Waals surface area contributed by atoms with Crippen LogP contribution in [0, 0.1) is 10.1 Å². The van der Waals surface area contributed by atoms with Gasteiger partial charge in [0.1, 0.15) is 5.69 Å². The predicted octanol–water partition coefficient (Wildman–Crippen LogP) is 2.29. The molecular weight excluding hydrogens is 272 g/mol. The average Bonchev–Trinajstić information content (AvgIpc) is 2.45. The number of carbonyl (C=O) groups excluding carboxylic acids is 1. The Morgan fingerprint density at radius 3 is 2.38 bits per heavy atom. The first-order valence-electron chi connectivity index (χ1n) is 7.18. The van der Waals surface area contributed by atoms with E-state index in [2.05, 4.69) is 5.43 Å². The number of hydrogen-bond donors (Lipinski definition) is 2. The molecule has 3 N–H and O–H groups in total. The molecule has 7 nitrogen and oxygen atoms in total. The SMILES string of the molecule is NNc1ccc(C(=O)N2CCCCCCC2)cc1[N+](=O)[O-]. The fraction of sp³-hybridized carbons (Fsp3) is 0.500. The van der Waals surface area contributed by atoms with E-state index in [1.807, 2.05) is 0 Å². The van der Waals surface area contributed by atoms with Crippen LogP contribution in [-0.2, 0) is 0 Å². The van der Waals surface area contributed by atoms with E-state index in [-0.39, 0.29) is 17.3 Å². The molecule has 0 unspecified atom stereocenters. The summed E-state index contributed by atoms with van der Waals surface area (Å²) in [6.07, 6.45) is 5.43. The molecule has 1 heterocycles. The van der Waals surface area contributed by atoms with Crippen molar-refractivity contribution < 1.29 is 9.72 Å².